The lowest BCUT2D eigenvalue weighted by Crippen LogP contribution is -2.31. The van der Waals surface area contributed by atoms with Crippen LogP contribution in [0, 0.1) is 30.3 Å². The summed E-state index contributed by atoms with van der Waals surface area (Å²) >= 11 is 6.11. The summed E-state index contributed by atoms with van der Waals surface area (Å²) in [7, 11) is -4.57. The van der Waals surface area contributed by atoms with Gasteiger partial charge in [0.15, 0.2) is 10.3 Å². The third kappa shape index (κ3) is 28.9. The maximum absolute atomic E-state index is 12.6. The van der Waals surface area contributed by atoms with Crippen LogP contribution in [0.4, 0.5) is 22.7 Å². The molecule has 0 radical (unpaired) electrons. The van der Waals surface area contributed by atoms with E-state index >= 15 is 0 Å². The minimum atomic E-state index is -4.57. The molecule has 11 rings (SSSR count). The Kier molecular flexibility index (Phi) is 34.8. The van der Waals surface area contributed by atoms with Gasteiger partial charge in [0.05, 0.1) is 81.0 Å². The van der Waals surface area contributed by atoms with Gasteiger partial charge in [-0.2, -0.15) is 0 Å². The number of carbonyl (C=O) groups excluding carboxylic acids is 3. The van der Waals surface area contributed by atoms with Crippen molar-refractivity contribution < 1.29 is 42.1 Å². The highest BCUT2D eigenvalue weighted by atomic mass is 79.9. The van der Waals surface area contributed by atoms with Crippen LogP contribution in [0.15, 0.2) is 210 Å². The summed E-state index contributed by atoms with van der Waals surface area (Å²) in [6.45, 7) is 8.16. The number of halogens is 1. The average Bonchev–Trinajstić information content (AvgIpc) is 1.80. The molecular formula is C76H84BrN13O12S5. The molecule has 0 aliphatic carbocycles. The number of quaternary nitrogens is 1. The Hall–Kier alpha value is -10.2. The van der Waals surface area contributed by atoms with Crippen molar-refractivity contribution in [2.45, 2.75) is 122 Å². The number of aryl methyl sites for hydroxylation is 4. The number of nitro groups is 3. The van der Waals surface area contributed by atoms with Crippen LogP contribution in [0.5, 0.6) is 0 Å². The van der Waals surface area contributed by atoms with E-state index < -0.39 is 25.1 Å². The molecule has 0 bridgehead atoms. The van der Waals surface area contributed by atoms with Crippen LogP contribution in [0.25, 0.3) is 0 Å². The Labute approximate surface area is 647 Å². The summed E-state index contributed by atoms with van der Waals surface area (Å²) in [5.74, 6) is -0.257. The number of carbonyl (C=O) groups is 3. The molecular weight excluding hydrogens is 1530 g/mol. The molecule has 4 atom stereocenters. The van der Waals surface area contributed by atoms with E-state index in [-0.39, 0.29) is 94.2 Å². The number of nitrogens with one attached hydrogen (secondary N) is 4. The molecule has 3 amide bonds. The van der Waals surface area contributed by atoms with Crippen molar-refractivity contribution in [3.8, 4) is 0 Å². The molecule has 4 heterocycles. The highest BCUT2D eigenvalue weighted by Crippen LogP contribution is 2.29. The van der Waals surface area contributed by atoms with Crippen molar-refractivity contribution in [1.82, 2.24) is 42.0 Å². The van der Waals surface area contributed by atoms with E-state index in [0.29, 0.717) is 38.5 Å². The highest BCUT2D eigenvalue weighted by Gasteiger charge is 2.24. The quantitative estimate of drug-likeness (QED) is 0.0138. The second-order valence-electron chi connectivity index (χ2n) is 23.9. The standard InChI is InChI=1S/C21H23N3O4S2.2C21H21N3O3S.C13H15N3O2S.BrH.H3N/c1-2-17-14-29-21(22-17)19(23-20(25)13-15-6-4-3-5-7-15)12-16-8-10-18(11-9-16)24-30(26,27)28;2*1-2-17-14-28-21(22-17)19(12-16-8-10-18(11-9-16)24(26)27)23-20(25)13-15-6-4-3-5-7-15;1-2-10-8-19-13(15-10)12(14)7-9-3-5-11(6-4-9)16(17)18;;/h3-11,14,19,24H,2,12-13H2,1H3,(H,23,25)(H,26,27,28);2*3-11,14,19H,2,12-13H2,1H3,(H,23,25);3-6,8,12H,2,7,14H2,1H3;1H;1H3/t3*19-;12-;;/m0000../s1. The van der Waals surface area contributed by atoms with Gasteiger partial charge in [-0.3, -0.25) is 49.4 Å². The first-order valence-electron chi connectivity index (χ1n) is 33.6. The molecule has 4 aromatic heterocycles. The predicted molar refractivity (Wildman–Crippen MR) is 426 cm³/mol. The van der Waals surface area contributed by atoms with E-state index in [0.717, 1.165) is 107 Å². The average molecular weight is 1610 g/mol. The summed E-state index contributed by atoms with van der Waals surface area (Å²) in [5, 5.41) is 52.9. The SMILES string of the molecule is Br.CCc1csc([C@@H](N)Cc2ccc([N+](=O)[O-])cc2)n1.CCc1csc([C@H](Cc2ccc(NS(=O)(=O)[O-])cc2)NC(=O)Cc2ccccc2)n1.CCc1csc([C@H](Cc2ccc([N+](=O)[O-])cc2)NC(=O)Cc2ccccc2)n1.CCc1csc([C@H](Cc2ccc([N+](=O)[O-])cc2)NC(=O)Cc2ccccc2)n1.[NH4+]. The van der Waals surface area contributed by atoms with Crippen LogP contribution in [0.2, 0.25) is 0 Å². The monoisotopic (exact) mass is 1610 g/mol. The van der Waals surface area contributed by atoms with Gasteiger partial charge in [0.1, 0.15) is 20.0 Å². The maximum atomic E-state index is 12.6. The van der Waals surface area contributed by atoms with Gasteiger partial charge in [-0.1, -0.05) is 167 Å². The number of hydrogen-bond acceptors (Lipinski definition) is 21. The first-order valence-corrected chi connectivity index (χ1v) is 38.5. The molecule has 10 N–H and O–H groups in total. The molecule has 11 aromatic rings. The first kappa shape index (κ1) is 85.7. The van der Waals surface area contributed by atoms with Gasteiger partial charge < -0.3 is 32.4 Å². The lowest BCUT2D eigenvalue weighted by Gasteiger charge is -2.17. The zero-order valence-corrected chi connectivity index (χ0v) is 65.1. The summed E-state index contributed by atoms with van der Waals surface area (Å²) in [4.78, 5) is 87.1. The number of amides is 3. The third-order valence-corrected chi connectivity index (χ3v) is 20.5. The molecule has 0 fully saturated rings. The third-order valence-electron chi connectivity index (χ3n) is 16.0. The van der Waals surface area contributed by atoms with Crippen LogP contribution >= 0.6 is 62.3 Å². The lowest BCUT2D eigenvalue weighted by atomic mass is 10.0. The molecule has 0 saturated carbocycles. The van der Waals surface area contributed by atoms with Crippen molar-refractivity contribution in [2.75, 3.05) is 4.72 Å². The summed E-state index contributed by atoms with van der Waals surface area (Å²) in [6, 6.07) is 53.4. The van der Waals surface area contributed by atoms with E-state index in [1.54, 1.807) is 59.9 Å². The first-order chi connectivity index (χ1) is 50.5. The van der Waals surface area contributed by atoms with Gasteiger partial charge in [0.2, 0.25) is 17.7 Å². The van der Waals surface area contributed by atoms with Crippen LogP contribution in [-0.4, -0.2) is 65.4 Å². The van der Waals surface area contributed by atoms with E-state index in [1.807, 2.05) is 138 Å². The number of rotatable bonds is 30. The van der Waals surface area contributed by atoms with E-state index in [9.17, 15) is 57.7 Å². The van der Waals surface area contributed by atoms with Gasteiger partial charge >= 0.3 is 0 Å². The van der Waals surface area contributed by atoms with Crippen molar-refractivity contribution in [3.05, 3.63) is 322 Å². The normalized spacial score (nSPS) is 11.8. The molecule has 0 saturated heterocycles. The number of nitrogens with zero attached hydrogens (tertiary/aromatic N) is 7. The maximum Gasteiger partial charge on any atom is 0.269 e. The van der Waals surface area contributed by atoms with Gasteiger partial charge in [-0.15, -0.1) is 62.3 Å². The Bertz CT molecular complexity index is 4550. The second kappa shape index (κ2) is 43.4. The fourth-order valence-corrected chi connectivity index (χ4v) is 14.6. The summed E-state index contributed by atoms with van der Waals surface area (Å²) in [6.07, 6.45) is 6.41. The topological polar surface area (TPSA) is 400 Å². The van der Waals surface area contributed by atoms with E-state index in [4.69, 9.17) is 5.73 Å². The number of nitrogens with two attached hydrogens (primary N) is 1. The fraction of sp³-hybridized carbons (Fsp3) is 0.250. The molecule has 0 unspecified atom stereocenters. The van der Waals surface area contributed by atoms with Crippen molar-refractivity contribution in [3.63, 3.8) is 0 Å². The van der Waals surface area contributed by atoms with Crippen molar-refractivity contribution >= 4 is 113 Å². The molecule has 25 nitrogen and oxygen atoms in total. The Morgan fingerprint density at radius 2 is 0.654 bits per heavy atom. The summed E-state index contributed by atoms with van der Waals surface area (Å²) in [5.41, 5.74) is 17.0. The zero-order valence-electron chi connectivity index (χ0n) is 59.4. The van der Waals surface area contributed by atoms with Gasteiger partial charge in [-0.25, -0.2) is 28.4 Å². The van der Waals surface area contributed by atoms with Crippen LogP contribution in [-0.2, 0) is 95.3 Å². The second-order valence-corrected chi connectivity index (χ2v) is 28.6. The number of benzene rings is 7. The van der Waals surface area contributed by atoms with E-state index in [1.165, 1.54) is 82.5 Å². The molecule has 107 heavy (non-hydrogen) atoms. The number of aromatic nitrogens is 4. The number of hydrogen-bond donors (Lipinski definition) is 6. The summed E-state index contributed by atoms with van der Waals surface area (Å²) < 4.78 is 34.4. The number of non-ortho nitro benzene ring substituents is 3. The van der Waals surface area contributed by atoms with Crippen molar-refractivity contribution in [1.29, 1.82) is 0 Å². The molecule has 7 aromatic carbocycles. The number of thiazole rings is 4. The molecule has 31 heteroatoms. The minimum Gasteiger partial charge on any atom is -0.731 e. The van der Waals surface area contributed by atoms with Crippen molar-refractivity contribution in [2.24, 2.45) is 5.73 Å². The van der Waals surface area contributed by atoms with Crippen LogP contribution in [0.3, 0.4) is 0 Å². The van der Waals surface area contributed by atoms with Gasteiger partial charge in [-0.05, 0) is 102 Å². The zero-order chi connectivity index (χ0) is 75.3. The number of nitro benzene ring substituents is 3. The molecule has 562 valence electrons. The van der Waals surface area contributed by atoms with Gasteiger partial charge in [0, 0.05) is 63.6 Å². The molecule has 0 aliphatic heterocycles. The largest absolute Gasteiger partial charge is 0.731 e. The Morgan fingerprint density at radius 1 is 0.402 bits per heavy atom. The lowest BCUT2D eigenvalue weighted by molar-refractivity contribution is -0.385. The molecule has 0 spiro atoms. The fourth-order valence-electron chi connectivity index (χ4n) is 10.4. The van der Waals surface area contributed by atoms with Crippen LogP contribution < -0.4 is 32.6 Å². The predicted octanol–water partition coefficient (Wildman–Crippen LogP) is 15.5. The molecule has 0 aliphatic rings. The number of anilines is 1. The minimum absolute atomic E-state index is 0. The Morgan fingerprint density at radius 3 is 0.907 bits per heavy atom. The van der Waals surface area contributed by atoms with Crippen LogP contribution in [0.1, 0.15) is 134 Å². The van der Waals surface area contributed by atoms with Gasteiger partial charge in [0.25, 0.3) is 17.1 Å². The smallest absolute Gasteiger partial charge is 0.269 e. The van der Waals surface area contributed by atoms with E-state index in [2.05, 4.69) is 42.8 Å². The Balaban J connectivity index is 0.000000224. The highest BCUT2D eigenvalue weighted by molar-refractivity contribution is 8.93.